The maximum absolute atomic E-state index is 9.17. The van der Waals surface area contributed by atoms with Crippen molar-refractivity contribution in [3.63, 3.8) is 0 Å². The zero-order valence-electron chi connectivity index (χ0n) is 6.56. The first-order valence-electron chi connectivity index (χ1n) is 3.99. The topological polar surface area (TPSA) is 79.2 Å². The highest BCUT2D eigenvalue weighted by atomic mass is 28.4. The Morgan fingerprint density at radius 2 is 1.83 bits per heavy atom. The molecule has 2 aliphatic rings. The summed E-state index contributed by atoms with van der Waals surface area (Å²) in [5.74, 6) is 0. The standard InChI is InChI=1S/C6H12O5Si/c7-12(8,9)6(2-4-11-6)5-1-3-10-5/h5,7-9H,1-4H2. The van der Waals surface area contributed by atoms with Gasteiger partial charge in [0, 0.05) is 13.0 Å². The highest BCUT2D eigenvalue weighted by Crippen LogP contribution is 2.41. The Kier molecular flexibility index (Phi) is 1.80. The molecule has 2 saturated heterocycles. The molecule has 0 aromatic carbocycles. The summed E-state index contributed by atoms with van der Waals surface area (Å²) in [4.78, 5) is 27.5. The minimum atomic E-state index is -4.20. The van der Waals surface area contributed by atoms with Crippen LogP contribution in [-0.2, 0) is 9.47 Å². The van der Waals surface area contributed by atoms with Crippen LogP contribution in [0.1, 0.15) is 12.8 Å². The van der Waals surface area contributed by atoms with E-state index in [4.69, 9.17) is 23.9 Å². The first kappa shape index (κ1) is 8.61. The lowest BCUT2D eigenvalue weighted by molar-refractivity contribution is -0.235. The SMILES string of the molecule is O[Si](O)(O)C1(C2CCO2)CCO1. The van der Waals surface area contributed by atoms with E-state index in [0.717, 1.165) is 6.42 Å². The zero-order valence-corrected chi connectivity index (χ0v) is 7.56. The third-order valence-corrected chi connectivity index (χ3v) is 4.47. The molecule has 2 fully saturated rings. The van der Waals surface area contributed by atoms with E-state index < -0.39 is 14.0 Å². The summed E-state index contributed by atoms with van der Waals surface area (Å²) < 4.78 is 10.2. The summed E-state index contributed by atoms with van der Waals surface area (Å²) in [6, 6.07) is 0. The van der Waals surface area contributed by atoms with Gasteiger partial charge < -0.3 is 23.9 Å². The molecule has 2 unspecified atom stereocenters. The molecule has 2 aliphatic heterocycles. The predicted molar refractivity (Wildman–Crippen MR) is 40.1 cm³/mol. The summed E-state index contributed by atoms with van der Waals surface area (Å²) in [7, 11) is -4.20. The van der Waals surface area contributed by atoms with E-state index in [-0.39, 0.29) is 6.10 Å². The molecule has 0 spiro atoms. The first-order chi connectivity index (χ1) is 5.56. The molecular formula is C6H12O5Si. The monoisotopic (exact) mass is 192 g/mol. The molecule has 0 aromatic rings. The molecule has 0 bridgehead atoms. The van der Waals surface area contributed by atoms with Crippen molar-refractivity contribution in [1.29, 1.82) is 0 Å². The lowest BCUT2D eigenvalue weighted by Gasteiger charge is -2.51. The van der Waals surface area contributed by atoms with Crippen LogP contribution in [0.15, 0.2) is 0 Å². The van der Waals surface area contributed by atoms with E-state index in [9.17, 15) is 0 Å². The van der Waals surface area contributed by atoms with E-state index in [1.807, 2.05) is 0 Å². The Hall–Kier alpha value is 0.0169. The fraction of sp³-hybridized carbons (Fsp3) is 1.00. The Morgan fingerprint density at radius 3 is 1.92 bits per heavy atom. The van der Waals surface area contributed by atoms with Gasteiger partial charge >= 0.3 is 8.80 Å². The van der Waals surface area contributed by atoms with Crippen molar-refractivity contribution < 1.29 is 23.9 Å². The number of hydrogen-bond donors (Lipinski definition) is 3. The van der Waals surface area contributed by atoms with Gasteiger partial charge in [-0.15, -0.1) is 0 Å². The maximum atomic E-state index is 9.17. The van der Waals surface area contributed by atoms with Gasteiger partial charge in [-0.2, -0.15) is 0 Å². The quantitative estimate of drug-likeness (QED) is 0.459. The Balaban J connectivity index is 2.12. The van der Waals surface area contributed by atoms with Crippen LogP contribution in [0.3, 0.4) is 0 Å². The molecular weight excluding hydrogens is 180 g/mol. The largest absolute Gasteiger partial charge is 0.529 e. The van der Waals surface area contributed by atoms with E-state index in [1.165, 1.54) is 0 Å². The molecule has 0 aliphatic carbocycles. The second-order valence-electron chi connectivity index (χ2n) is 3.27. The average molecular weight is 192 g/mol. The van der Waals surface area contributed by atoms with Gasteiger partial charge in [-0.1, -0.05) is 0 Å². The summed E-state index contributed by atoms with van der Waals surface area (Å²) >= 11 is 0. The second kappa shape index (κ2) is 2.50. The smallest absolute Gasteiger partial charge is 0.388 e. The molecule has 70 valence electrons. The van der Waals surface area contributed by atoms with Crippen LogP contribution < -0.4 is 0 Å². The normalized spacial score (nSPS) is 41.8. The van der Waals surface area contributed by atoms with Crippen LogP contribution in [-0.4, -0.2) is 47.7 Å². The van der Waals surface area contributed by atoms with E-state index in [1.54, 1.807) is 0 Å². The second-order valence-corrected chi connectivity index (χ2v) is 5.39. The predicted octanol–water partition coefficient (Wildman–Crippen LogP) is -1.61. The molecule has 3 N–H and O–H groups in total. The summed E-state index contributed by atoms with van der Waals surface area (Å²) in [6.07, 6.45) is 0.891. The Bertz CT molecular complexity index is 181. The average Bonchev–Trinajstić information content (AvgIpc) is 1.68. The molecule has 5 nitrogen and oxygen atoms in total. The van der Waals surface area contributed by atoms with Gasteiger partial charge in [0.25, 0.3) is 0 Å². The number of rotatable bonds is 2. The lowest BCUT2D eigenvalue weighted by atomic mass is 10.00. The molecule has 0 aromatic heterocycles. The zero-order chi connectivity index (χ0) is 8.82. The fourth-order valence-corrected chi connectivity index (χ4v) is 3.05. The molecule has 12 heavy (non-hydrogen) atoms. The summed E-state index contributed by atoms with van der Waals surface area (Å²) in [5.41, 5.74) is 0. The van der Waals surface area contributed by atoms with E-state index in [0.29, 0.717) is 19.6 Å². The molecule has 0 amide bonds. The molecule has 2 rings (SSSR count). The number of ether oxygens (including phenoxy) is 2. The van der Waals surface area contributed by atoms with Crippen LogP contribution in [0, 0.1) is 0 Å². The Morgan fingerprint density at radius 1 is 1.25 bits per heavy atom. The van der Waals surface area contributed by atoms with Gasteiger partial charge in [0.15, 0.2) is 5.22 Å². The van der Waals surface area contributed by atoms with Gasteiger partial charge in [-0.25, -0.2) is 0 Å². The minimum Gasteiger partial charge on any atom is -0.388 e. The fourth-order valence-electron chi connectivity index (χ4n) is 1.66. The van der Waals surface area contributed by atoms with E-state index >= 15 is 0 Å². The molecule has 6 heteroatoms. The van der Waals surface area contributed by atoms with Crippen molar-refractivity contribution in [3.8, 4) is 0 Å². The van der Waals surface area contributed by atoms with Crippen molar-refractivity contribution in [1.82, 2.24) is 0 Å². The van der Waals surface area contributed by atoms with Gasteiger partial charge in [-0.3, -0.25) is 0 Å². The summed E-state index contributed by atoms with van der Waals surface area (Å²) in [6.45, 7) is 1.08. The lowest BCUT2D eigenvalue weighted by Crippen LogP contribution is -2.74. The van der Waals surface area contributed by atoms with Crippen LogP contribution in [0.2, 0.25) is 0 Å². The van der Waals surface area contributed by atoms with Gasteiger partial charge in [0.05, 0.1) is 12.7 Å². The van der Waals surface area contributed by atoms with Crippen molar-refractivity contribution in [2.75, 3.05) is 13.2 Å². The van der Waals surface area contributed by atoms with E-state index in [2.05, 4.69) is 0 Å². The van der Waals surface area contributed by atoms with Crippen LogP contribution in [0.4, 0.5) is 0 Å². The third kappa shape index (κ3) is 0.967. The van der Waals surface area contributed by atoms with Crippen molar-refractivity contribution in [2.45, 2.75) is 24.2 Å². The molecule has 2 heterocycles. The molecule has 2 atom stereocenters. The maximum Gasteiger partial charge on any atom is 0.529 e. The minimum absolute atomic E-state index is 0.321. The van der Waals surface area contributed by atoms with Gasteiger partial charge in [0.2, 0.25) is 0 Å². The highest BCUT2D eigenvalue weighted by molar-refractivity contribution is 6.60. The van der Waals surface area contributed by atoms with Crippen molar-refractivity contribution >= 4 is 8.80 Å². The van der Waals surface area contributed by atoms with Gasteiger partial charge in [-0.05, 0) is 6.42 Å². The Labute approximate surface area is 70.9 Å². The first-order valence-corrected chi connectivity index (χ1v) is 5.83. The van der Waals surface area contributed by atoms with Crippen LogP contribution >= 0.6 is 0 Å². The third-order valence-electron chi connectivity index (χ3n) is 2.62. The van der Waals surface area contributed by atoms with Crippen molar-refractivity contribution in [2.24, 2.45) is 0 Å². The summed E-state index contributed by atoms with van der Waals surface area (Å²) in [5, 5.41) is -1.16. The highest BCUT2D eigenvalue weighted by Gasteiger charge is 2.66. The van der Waals surface area contributed by atoms with Crippen LogP contribution in [0.5, 0.6) is 0 Å². The number of hydrogen-bond acceptors (Lipinski definition) is 5. The van der Waals surface area contributed by atoms with Gasteiger partial charge in [0.1, 0.15) is 0 Å². The van der Waals surface area contributed by atoms with Crippen molar-refractivity contribution in [3.05, 3.63) is 0 Å². The van der Waals surface area contributed by atoms with Crippen LogP contribution in [0.25, 0.3) is 0 Å². The molecule has 0 radical (unpaired) electrons. The molecule has 0 saturated carbocycles.